The molecule has 5 heteroatoms. The third kappa shape index (κ3) is 3.06. The highest BCUT2D eigenvalue weighted by atomic mass is 35.5. The Morgan fingerprint density at radius 1 is 0.889 bits per heavy atom. The van der Waals surface area contributed by atoms with Gasteiger partial charge >= 0.3 is 0 Å². The summed E-state index contributed by atoms with van der Waals surface area (Å²) < 4.78 is 0. The molecule has 4 rings (SSSR count). The van der Waals surface area contributed by atoms with Crippen LogP contribution < -0.4 is 0 Å². The Labute approximate surface area is 163 Å². The van der Waals surface area contributed by atoms with E-state index in [1.807, 2.05) is 43.3 Å². The van der Waals surface area contributed by atoms with Gasteiger partial charge in [-0.2, -0.15) is 0 Å². The number of fused-ring (bicyclic) bond motifs is 1. The average Bonchev–Trinajstić information content (AvgIpc) is 3.07. The van der Waals surface area contributed by atoms with Crippen molar-refractivity contribution in [3.8, 4) is 11.4 Å². The van der Waals surface area contributed by atoms with Gasteiger partial charge in [0.2, 0.25) is 0 Å². The van der Waals surface area contributed by atoms with Crippen LogP contribution in [0.15, 0.2) is 60.7 Å². The first kappa shape index (κ1) is 17.6. The van der Waals surface area contributed by atoms with Crippen LogP contribution in [-0.2, 0) is 5.41 Å². The van der Waals surface area contributed by atoms with Gasteiger partial charge in [-0.3, -0.25) is 0 Å². The summed E-state index contributed by atoms with van der Waals surface area (Å²) in [6, 6.07) is 19.7. The third-order valence-electron chi connectivity index (χ3n) is 5.06. The molecule has 0 saturated heterocycles. The van der Waals surface area contributed by atoms with E-state index in [0.29, 0.717) is 16.2 Å². The van der Waals surface area contributed by atoms with Crippen molar-refractivity contribution in [3.63, 3.8) is 0 Å². The number of aromatic hydroxyl groups is 1. The summed E-state index contributed by atoms with van der Waals surface area (Å²) in [5, 5.41) is 20.3. The SMILES string of the molecule is Cc1cc(C(C)(C)c2ccccc2)cc(-n2nc3ccc(Cl)cc3n2)c1O. The molecule has 3 aromatic carbocycles. The molecule has 136 valence electrons. The Balaban J connectivity index is 1.88. The first-order chi connectivity index (χ1) is 12.9. The standard InChI is InChI=1S/C22H20ClN3O/c1-14-11-16(22(2,3)15-7-5-4-6-8-15)12-20(21(14)27)26-24-18-10-9-17(23)13-19(18)25-26/h4-13,27H,1-3H3. The van der Waals surface area contributed by atoms with E-state index < -0.39 is 0 Å². The summed E-state index contributed by atoms with van der Waals surface area (Å²) in [4.78, 5) is 1.48. The van der Waals surface area contributed by atoms with Crippen LogP contribution in [0.4, 0.5) is 0 Å². The lowest BCUT2D eigenvalue weighted by molar-refractivity contribution is 0.462. The number of hydrogen-bond donors (Lipinski definition) is 1. The predicted octanol–water partition coefficient (Wildman–Crippen LogP) is 5.41. The minimum atomic E-state index is -0.232. The average molecular weight is 378 g/mol. The quantitative estimate of drug-likeness (QED) is 0.519. The van der Waals surface area contributed by atoms with Gasteiger partial charge in [-0.1, -0.05) is 61.8 Å². The molecule has 4 aromatic rings. The normalized spacial score (nSPS) is 11.9. The molecule has 0 aliphatic carbocycles. The number of phenols is 1. The van der Waals surface area contributed by atoms with Gasteiger partial charge < -0.3 is 5.11 Å². The minimum absolute atomic E-state index is 0.175. The van der Waals surface area contributed by atoms with E-state index in [1.165, 1.54) is 10.4 Å². The van der Waals surface area contributed by atoms with Gasteiger partial charge in [0.25, 0.3) is 0 Å². The Morgan fingerprint density at radius 3 is 2.33 bits per heavy atom. The van der Waals surface area contributed by atoms with Gasteiger partial charge in [0.1, 0.15) is 22.5 Å². The number of hydrogen-bond acceptors (Lipinski definition) is 3. The lowest BCUT2D eigenvalue weighted by Gasteiger charge is -2.27. The van der Waals surface area contributed by atoms with Crippen molar-refractivity contribution in [3.05, 3.63) is 82.4 Å². The molecule has 4 nitrogen and oxygen atoms in total. The molecule has 0 bridgehead atoms. The van der Waals surface area contributed by atoms with Gasteiger partial charge in [0.05, 0.1) is 0 Å². The fourth-order valence-corrected chi connectivity index (χ4v) is 3.46. The summed E-state index contributed by atoms with van der Waals surface area (Å²) in [5.41, 5.74) is 4.80. The minimum Gasteiger partial charge on any atom is -0.505 e. The van der Waals surface area contributed by atoms with E-state index in [1.54, 1.807) is 12.1 Å². The van der Waals surface area contributed by atoms with Crippen molar-refractivity contribution in [2.45, 2.75) is 26.2 Å². The first-order valence-electron chi connectivity index (χ1n) is 8.79. The Bertz CT molecular complexity index is 1130. The molecule has 1 N–H and O–H groups in total. The molecule has 0 atom stereocenters. The Morgan fingerprint density at radius 2 is 1.59 bits per heavy atom. The molecule has 1 aromatic heterocycles. The van der Waals surface area contributed by atoms with E-state index in [9.17, 15) is 5.11 Å². The second-order valence-corrected chi connectivity index (χ2v) is 7.71. The van der Waals surface area contributed by atoms with E-state index in [0.717, 1.165) is 16.6 Å². The number of phenolic OH excluding ortho intramolecular Hbond substituents is 1. The van der Waals surface area contributed by atoms with Crippen molar-refractivity contribution in [2.24, 2.45) is 0 Å². The van der Waals surface area contributed by atoms with Gasteiger partial charge in [0.15, 0.2) is 0 Å². The third-order valence-corrected chi connectivity index (χ3v) is 5.29. The summed E-state index contributed by atoms with van der Waals surface area (Å²) >= 11 is 6.06. The zero-order valence-electron chi connectivity index (χ0n) is 15.4. The lowest BCUT2D eigenvalue weighted by Crippen LogP contribution is -2.19. The molecule has 0 aliphatic rings. The van der Waals surface area contributed by atoms with Crippen LogP contribution in [0, 0.1) is 6.92 Å². The topological polar surface area (TPSA) is 50.9 Å². The lowest BCUT2D eigenvalue weighted by atomic mass is 9.77. The maximum atomic E-state index is 10.7. The number of benzene rings is 3. The summed E-state index contributed by atoms with van der Waals surface area (Å²) in [5.74, 6) is 0.175. The second-order valence-electron chi connectivity index (χ2n) is 7.27. The van der Waals surface area contributed by atoms with Crippen LogP contribution in [0.3, 0.4) is 0 Å². The van der Waals surface area contributed by atoms with E-state index in [4.69, 9.17) is 11.6 Å². The maximum absolute atomic E-state index is 10.7. The van der Waals surface area contributed by atoms with Crippen molar-refractivity contribution in [1.82, 2.24) is 15.0 Å². The highest BCUT2D eigenvalue weighted by molar-refractivity contribution is 6.31. The van der Waals surface area contributed by atoms with Crippen LogP contribution in [0.1, 0.15) is 30.5 Å². The first-order valence-corrected chi connectivity index (χ1v) is 9.16. The highest BCUT2D eigenvalue weighted by Crippen LogP contribution is 2.36. The zero-order valence-corrected chi connectivity index (χ0v) is 16.2. The van der Waals surface area contributed by atoms with E-state index in [2.05, 4.69) is 36.2 Å². The van der Waals surface area contributed by atoms with Crippen molar-refractivity contribution in [1.29, 1.82) is 0 Å². The Kier molecular flexibility index (Phi) is 4.16. The number of nitrogens with zero attached hydrogens (tertiary/aromatic N) is 3. The highest BCUT2D eigenvalue weighted by Gasteiger charge is 2.25. The van der Waals surface area contributed by atoms with Crippen LogP contribution >= 0.6 is 11.6 Å². The smallest absolute Gasteiger partial charge is 0.146 e. The molecule has 1 heterocycles. The van der Waals surface area contributed by atoms with Crippen molar-refractivity contribution < 1.29 is 5.11 Å². The van der Waals surface area contributed by atoms with Crippen molar-refractivity contribution in [2.75, 3.05) is 0 Å². The molecular formula is C22H20ClN3O. The number of rotatable bonds is 3. The van der Waals surface area contributed by atoms with Crippen LogP contribution in [0.5, 0.6) is 5.75 Å². The van der Waals surface area contributed by atoms with Crippen LogP contribution in [-0.4, -0.2) is 20.1 Å². The number of aryl methyl sites for hydroxylation is 1. The number of aromatic nitrogens is 3. The molecule has 0 unspecified atom stereocenters. The van der Waals surface area contributed by atoms with Gasteiger partial charge in [-0.25, -0.2) is 0 Å². The monoisotopic (exact) mass is 377 g/mol. The Hall–Kier alpha value is -2.85. The fourth-order valence-electron chi connectivity index (χ4n) is 3.29. The molecule has 0 aliphatic heterocycles. The van der Waals surface area contributed by atoms with Crippen molar-refractivity contribution >= 4 is 22.6 Å². The van der Waals surface area contributed by atoms with Gasteiger partial charge in [-0.05, 0) is 47.9 Å². The molecule has 0 fully saturated rings. The second kappa shape index (κ2) is 6.39. The van der Waals surface area contributed by atoms with E-state index in [-0.39, 0.29) is 11.2 Å². The molecule has 27 heavy (non-hydrogen) atoms. The molecule has 0 spiro atoms. The molecule has 0 radical (unpaired) electrons. The van der Waals surface area contributed by atoms with Crippen LogP contribution in [0.2, 0.25) is 5.02 Å². The number of halogens is 1. The molecule has 0 amide bonds. The summed E-state index contributed by atoms with van der Waals surface area (Å²) in [7, 11) is 0. The van der Waals surface area contributed by atoms with Gasteiger partial charge in [-0.15, -0.1) is 15.0 Å². The largest absolute Gasteiger partial charge is 0.505 e. The van der Waals surface area contributed by atoms with E-state index >= 15 is 0 Å². The fraction of sp³-hybridized carbons (Fsp3) is 0.182. The molecular weight excluding hydrogens is 358 g/mol. The van der Waals surface area contributed by atoms with Crippen LogP contribution in [0.25, 0.3) is 16.7 Å². The zero-order chi connectivity index (χ0) is 19.2. The maximum Gasteiger partial charge on any atom is 0.146 e. The molecule has 0 saturated carbocycles. The summed E-state index contributed by atoms with van der Waals surface area (Å²) in [6.45, 7) is 6.24. The van der Waals surface area contributed by atoms with Gasteiger partial charge in [0, 0.05) is 10.4 Å². The predicted molar refractivity (Wildman–Crippen MR) is 109 cm³/mol. The summed E-state index contributed by atoms with van der Waals surface area (Å²) in [6.07, 6.45) is 0.